The van der Waals surface area contributed by atoms with Gasteiger partial charge in [0.15, 0.2) is 11.5 Å². The number of hydrogen-bond acceptors (Lipinski definition) is 6. The maximum Gasteiger partial charge on any atom is 0.241 e. The molecule has 3 aliphatic rings. The van der Waals surface area contributed by atoms with Crippen molar-refractivity contribution in [1.29, 1.82) is 0 Å². The Morgan fingerprint density at radius 2 is 1.93 bits per heavy atom. The first-order valence-corrected chi connectivity index (χ1v) is 17.4. The number of ether oxygens (including phenoxy) is 1. The number of halogens is 2. The van der Waals surface area contributed by atoms with Crippen molar-refractivity contribution in [3.8, 4) is 16.9 Å². The molecule has 1 aliphatic heterocycles. The summed E-state index contributed by atoms with van der Waals surface area (Å²) in [6, 6.07) is 10.1. The van der Waals surface area contributed by atoms with Crippen molar-refractivity contribution in [2.24, 2.45) is 5.92 Å². The molecule has 0 radical (unpaired) electrons. The Morgan fingerprint density at radius 3 is 2.57 bits per heavy atom. The van der Waals surface area contributed by atoms with Gasteiger partial charge in [-0.15, -0.1) is 0 Å². The summed E-state index contributed by atoms with van der Waals surface area (Å²) in [5.41, 5.74) is -0.904. The van der Waals surface area contributed by atoms with Crippen LogP contribution in [-0.4, -0.2) is 51.2 Å². The van der Waals surface area contributed by atoms with Crippen molar-refractivity contribution in [2.75, 3.05) is 12.8 Å². The molecule has 2 aliphatic carbocycles. The van der Waals surface area contributed by atoms with E-state index in [4.69, 9.17) is 4.74 Å². The Labute approximate surface area is 258 Å². The molecule has 2 aromatic carbocycles. The standard InChI is InChI=1S/C34H42F2N2O5S/c1-5-25-26(8-6-9-28(25)35)27-18-23(32(2,3)31(41)38-44(4,42)21-39)11-13-29(27)43-24-12-10-22(16-24)17-30(40)34(36)19-33(37-20-34)14-7-15-33/h6,8-9,11,13,18,22,24,37H,5,7,10,12,14-17,19-20H2,1-4H3,(H,38,41,42)/t22-,24-,34-,44?/m1/s1. The molecule has 2 aromatic rings. The molecule has 238 valence electrons. The lowest BCUT2D eigenvalue weighted by atomic mass is 9.73. The van der Waals surface area contributed by atoms with Gasteiger partial charge in [-0.3, -0.25) is 14.3 Å². The molecule has 0 aromatic heterocycles. The van der Waals surface area contributed by atoms with Crippen LogP contribution in [0.3, 0.4) is 0 Å². The third-order valence-corrected chi connectivity index (χ3v) is 10.8. The minimum Gasteiger partial charge on any atom is -0.490 e. The summed E-state index contributed by atoms with van der Waals surface area (Å²) in [4.78, 5) is 37.3. The van der Waals surface area contributed by atoms with Gasteiger partial charge in [-0.2, -0.15) is 0 Å². The van der Waals surface area contributed by atoms with Gasteiger partial charge in [0, 0.05) is 36.7 Å². The third-order valence-electron chi connectivity index (χ3n) is 9.91. The highest BCUT2D eigenvalue weighted by molar-refractivity contribution is 7.98. The monoisotopic (exact) mass is 628 g/mol. The van der Waals surface area contributed by atoms with Crippen molar-refractivity contribution in [3.63, 3.8) is 0 Å². The second-order valence-corrected chi connectivity index (χ2v) is 15.5. The summed E-state index contributed by atoms with van der Waals surface area (Å²) in [5, 5.41) is 4.66. The molecule has 1 heterocycles. The molecule has 1 amide bonds. The number of rotatable bonds is 10. The van der Waals surface area contributed by atoms with Gasteiger partial charge in [0.2, 0.25) is 11.1 Å². The summed E-state index contributed by atoms with van der Waals surface area (Å²) in [6.45, 7) is 5.26. The molecular weight excluding hydrogens is 586 g/mol. The van der Waals surface area contributed by atoms with E-state index in [1.807, 2.05) is 13.0 Å². The van der Waals surface area contributed by atoms with Gasteiger partial charge in [-0.25, -0.2) is 17.8 Å². The number of carbonyl (C=O) groups is 2. The molecule has 1 saturated heterocycles. The Morgan fingerprint density at radius 1 is 1.18 bits per heavy atom. The van der Waals surface area contributed by atoms with E-state index in [1.165, 1.54) is 11.3 Å². The van der Waals surface area contributed by atoms with Crippen LogP contribution in [0.2, 0.25) is 0 Å². The molecule has 4 atom stereocenters. The van der Waals surface area contributed by atoms with Crippen molar-refractivity contribution < 1.29 is 32.1 Å². The second kappa shape index (κ2) is 12.0. The van der Waals surface area contributed by atoms with Crippen LogP contribution in [0.4, 0.5) is 8.78 Å². The largest absolute Gasteiger partial charge is 0.490 e. The molecule has 3 fully saturated rings. The first kappa shape index (κ1) is 32.3. The van der Waals surface area contributed by atoms with Gasteiger partial charge in [0.25, 0.3) is 0 Å². The number of benzene rings is 2. The molecule has 1 unspecified atom stereocenters. The molecule has 2 saturated carbocycles. The van der Waals surface area contributed by atoms with E-state index in [2.05, 4.69) is 10.0 Å². The SMILES string of the molecule is CCc1c(F)cccc1-c1cc(C(C)(C)C(=O)NS(C)(=O)=C=O)ccc1O[C@@H]1CC[C@@H](CC(=O)[C@]2(F)CNC3(CCC3)C2)C1. The quantitative estimate of drug-likeness (QED) is 0.338. The fraction of sp³-hybridized carbons (Fsp3) is 0.559. The smallest absolute Gasteiger partial charge is 0.241 e. The normalized spacial score (nSPS) is 25.6. The fourth-order valence-corrected chi connectivity index (χ4v) is 7.60. The molecule has 1 spiro atoms. The van der Waals surface area contributed by atoms with Gasteiger partial charge in [0.05, 0.1) is 11.5 Å². The Balaban J connectivity index is 1.37. The van der Waals surface area contributed by atoms with Gasteiger partial charge < -0.3 is 10.1 Å². The predicted octanol–water partition coefficient (Wildman–Crippen LogP) is 5.48. The number of hydrogen-bond donors (Lipinski definition) is 2. The Bertz CT molecular complexity index is 1610. The topological polar surface area (TPSA) is 102 Å². The van der Waals surface area contributed by atoms with E-state index in [0.717, 1.165) is 31.9 Å². The number of alkyl halides is 1. The molecule has 7 nitrogen and oxygen atoms in total. The van der Waals surface area contributed by atoms with Crippen LogP contribution in [0, 0.1) is 11.7 Å². The molecule has 2 N–H and O–H groups in total. The molecule has 0 bridgehead atoms. The lowest BCUT2D eigenvalue weighted by molar-refractivity contribution is -0.131. The maximum atomic E-state index is 15.6. The molecule has 10 heteroatoms. The number of nitrogens with one attached hydrogen (secondary N) is 2. The first-order valence-electron chi connectivity index (χ1n) is 15.5. The van der Waals surface area contributed by atoms with Crippen LogP contribution in [0.5, 0.6) is 5.75 Å². The average molecular weight is 629 g/mol. The summed E-state index contributed by atoms with van der Waals surface area (Å²) < 4.78 is 51.6. The summed E-state index contributed by atoms with van der Waals surface area (Å²) in [5.74, 6) is -0.757. The Hall–Kier alpha value is -3.07. The first-order chi connectivity index (χ1) is 20.7. The minimum absolute atomic E-state index is 0.0160. The number of ketones is 1. The van der Waals surface area contributed by atoms with E-state index < -0.39 is 26.7 Å². The molecular formula is C34H42F2N2O5S. The van der Waals surface area contributed by atoms with Crippen LogP contribution in [0.15, 0.2) is 36.4 Å². The van der Waals surface area contributed by atoms with Crippen LogP contribution in [0.1, 0.15) is 83.3 Å². The maximum absolute atomic E-state index is 15.6. The lowest BCUT2D eigenvalue weighted by Gasteiger charge is -2.38. The highest BCUT2D eigenvalue weighted by atomic mass is 32.2. The summed E-state index contributed by atoms with van der Waals surface area (Å²) in [7, 11) is -3.32. The van der Waals surface area contributed by atoms with Crippen molar-refractivity contribution in [2.45, 2.75) is 101 Å². The van der Waals surface area contributed by atoms with E-state index in [0.29, 0.717) is 47.3 Å². The van der Waals surface area contributed by atoms with Crippen LogP contribution in [-0.2, 0) is 35.9 Å². The summed E-state index contributed by atoms with van der Waals surface area (Å²) >= 11 is 0. The second-order valence-electron chi connectivity index (χ2n) is 13.5. The van der Waals surface area contributed by atoms with Crippen molar-refractivity contribution in [3.05, 3.63) is 53.3 Å². The van der Waals surface area contributed by atoms with Gasteiger partial charge in [0.1, 0.15) is 21.3 Å². The van der Waals surface area contributed by atoms with E-state index >= 15 is 4.39 Å². The molecule has 44 heavy (non-hydrogen) atoms. The van der Waals surface area contributed by atoms with Crippen LogP contribution in [0.25, 0.3) is 11.1 Å². The average Bonchev–Trinajstić information content (AvgIpc) is 3.57. The van der Waals surface area contributed by atoms with Crippen molar-refractivity contribution in [1.82, 2.24) is 10.0 Å². The zero-order valence-electron chi connectivity index (χ0n) is 25.9. The Kier molecular flexibility index (Phi) is 8.84. The van der Waals surface area contributed by atoms with Gasteiger partial charge >= 0.3 is 0 Å². The van der Waals surface area contributed by atoms with Gasteiger partial charge in [-0.1, -0.05) is 25.1 Å². The van der Waals surface area contributed by atoms with E-state index in [-0.39, 0.29) is 48.5 Å². The summed E-state index contributed by atoms with van der Waals surface area (Å²) in [6.07, 6.45) is 6.76. The highest BCUT2D eigenvalue weighted by Crippen LogP contribution is 2.46. The number of carbonyl (C=O) groups excluding carboxylic acids is 3. The van der Waals surface area contributed by atoms with E-state index in [9.17, 15) is 23.0 Å². The third kappa shape index (κ3) is 6.35. The highest BCUT2D eigenvalue weighted by Gasteiger charge is 2.55. The zero-order valence-corrected chi connectivity index (χ0v) is 26.7. The lowest BCUT2D eigenvalue weighted by Crippen LogP contribution is -2.46. The molecule has 5 rings (SSSR count). The van der Waals surface area contributed by atoms with Crippen molar-refractivity contribution >= 4 is 26.6 Å². The predicted molar refractivity (Wildman–Crippen MR) is 167 cm³/mol. The number of amides is 1. The van der Waals surface area contributed by atoms with E-state index in [1.54, 1.807) is 38.1 Å². The van der Waals surface area contributed by atoms with Crippen LogP contribution < -0.4 is 14.8 Å². The zero-order chi connectivity index (χ0) is 31.9. The fourth-order valence-electron chi connectivity index (χ4n) is 6.95. The van der Waals surface area contributed by atoms with Gasteiger partial charge in [-0.05, 0) is 99.6 Å². The van der Waals surface area contributed by atoms with Crippen LogP contribution >= 0.6 is 0 Å². The number of Topliss-reactive ketones (excluding diaryl/α,β-unsaturated/α-hetero) is 1. The minimum atomic E-state index is -3.32.